The number of hydrogen-bond donors (Lipinski definition) is 4. The lowest BCUT2D eigenvalue weighted by Gasteiger charge is -2.08. The van der Waals surface area contributed by atoms with Gasteiger partial charge >= 0.3 is 12.0 Å². The summed E-state index contributed by atoms with van der Waals surface area (Å²) in [5.74, 6) is -1.31. The Morgan fingerprint density at radius 1 is 1.53 bits per heavy atom. The number of urea groups is 1. The van der Waals surface area contributed by atoms with Crippen molar-refractivity contribution in [1.29, 1.82) is 0 Å². The van der Waals surface area contributed by atoms with E-state index in [4.69, 9.17) is 5.11 Å². The molecule has 17 heavy (non-hydrogen) atoms. The Hall–Kier alpha value is -2.05. The minimum Gasteiger partial charge on any atom is -0.481 e. The molecule has 1 aromatic heterocycles. The van der Waals surface area contributed by atoms with Gasteiger partial charge in [-0.05, 0) is 6.42 Å². The normalized spacial score (nSPS) is 11.8. The summed E-state index contributed by atoms with van der Waals surface area (Å²) >= 11 is 0. The molecule has 1 unspecified atom stereocenters. The van der Waals surface area contributed by atoms with E-state index >= 15 is 0 Å². The number of H-pyrrole nitrogens is 1. The van der Waals surface area contributed by atoms with Crippen LogP contribution in [0.5, 0.6) is 0 Å². The number of amides is 2. The maximum Gasteiger partial charge on any atom is 0.315 e. The fourth-order valence-corrected chi connectivity index (χ4v) is 1.14. The van der Waals surface area contributed by atoms with Crippen LogP contribution >= 0.6 is 0 Å². The zero-order valence-electron chi connectivity index (χ0n) is 9.56. The van der Waals surface area contributed by atoms with Gasteiger partial charge in [-0.1, -0.05) is 6.92 Å². The van der Waals surface area contributed by atoms with Gasteiger partial charge in [0.2, 0.25) is 0 Å². The number of carboxylic acids is 1. The number of aliphatic carboxylic acids is 1. The highest BCUT2D eigenvalue weighted by Crippen LogP contribution is 1.99. The number of rotatable bonds is 6. The highest BCUT2D eigenvalue weighted by Gasteiger charge is 2.10. The van der Waals surface area contributed by atoms with Crippen molar-refractivity contribution in [3.8, 4) is 0 Å². The summed E-state index contributed by atoms with van der Waals surface area (Å²) in [6.07, 6.45) is 3.72. The zero-order chi connectivity index (χ0) is 12.7. The van der Waals surface area contributed by atoms with E-state index in [0.29, 0.717) is 19.5 Å². The number of hydrogen-bond acceptors (Lipinski definition) is 3. The lowest BCUT2D eigenvalue weighted by atomic mass is 10.1. The summed E-state index contributed by atoms with van der Waals surface area (Å²) in [6.45, 7) is 2.33. The molecule has 0 saturated carbocycles. The van der Waals surface area contributed by atoms with Crippen molar-refractivity contribution in [3.05, 3.63) is 18.0 Å². The van der Waals surface area contributed by atoms with E-state index in [0.717, 1.165) is 5.56 Å². The van der Waals surface area contributed by atoms with Crippen molar-refractivity contribution in [2.24, 2.45) is 5.92 Å². The van der Waals surface area contributed by atoms with Gasteiger partial charge in [-0.25, -0.2) is 4.79 Å². The van der Waals surface area contributed by atoms with Gasteiger partial charge in [-0.2, -0.15) is 5.10 Å². The summed E-state index contributed by atoms with van der Waals surface area (Å²) < 4.78 is 0. The van der Waals surface area contributed by atoms with Crippen molar-refractivity contribution < 1.29 is 14.7 Å². The second-order valence-electron chi connectivity index (χ2n) is 3.74. The Morgan fingerprint density at radius 2 is 2.29 bits per heavy atom. The van der Waals surface area contributed by atoms with Crippen molar-refractivity contribution in [2.45, 2.75) is 19.9 Å². The van der Waals surface area contributed by atoms with Crippen LogP contribution in [0.15, 0.2) is 12.4 Å². The highest BCUT2D eigenvalue weighted by molar-refractivity contribution is 5.74. The van der Waals surface area contributed by atoms with E-state index in [9.17, 15) is 9.59 Å². The molecule has 1 atom stereocenters. The summed E-state index contributed by atoms with van der Waals surface area (Å²) in [4.78, 5) is 21.8. The number of aromatic nitrogens is 2. The van der Waals surface area contributed by atoms with Crippen LogP contribution in [0.2, 0.25) is 0 Å². The standard InChI is InChI=1S/C10H16N4O3/c1-7(9(15)16)2-3-11-10(17)12-4-8-5-13-14-6-8/h5-7H,2-4H2,1H3,(H,13,14)(H,15,16)(H2,11,12,17). The van der Waals surface area contributed by atoms with Crippen LogP contribution in [0.25, 0.3) is 0 Å². The topological polar surface area (TPSA) is 107 Å². The molecule has 7 heteroatoms. The number of carbonyl (C=O) groups is 2. The third-order valence-electron chi connectivity index (χ3n) is 2.29. The summed E-state index contributed by atoms with van der Waals surface area (Å²) in [5.41, 5.74) is 0.874. The molecule has 94 valence electrons. The predicted octanol–water partition coefficient (Wildman–Crippen LogP) is 0.320. The van der Waals surface area contributed by atoms with Gasteiger partial charge in [0.15, 0.2) is 0 Å². The zero-order valence-corrected chi connectivity index (χ0v) is 9.56. The summed E-state index contributed by atoms with van der Waals surface area (Å²) in [7, 11) is 0. The van der Waals surface area contributed by atoms with Gasteiger partial charge in [-0.15, -0.1) is 0 Å². The van der Waals surface area contributed by atoms with Crippen LogP contribution in [0.3, 0.4) is 0 Å². The Balaban J connectivity index is 2.11. The largest absolute Gasteiger partial charge is 0.481 e. The Morgan fingerprint density at radius 3 is 2.88 bits per heavy atom. The van der Waals surface area contributed by atoms with E-state index in [1.807, 2.05) is 0 Å². The van der Waals surface area contributed by atoms with Gasteiger partial charge < -0.3 is 15.7 Å². The molecule has 0 aliphatic rings. The van der Waals surface area contributed by atoms with Crippen LogP contribution < -0.4 is 10.6 Å². The van der Waals surface area contributed by atoms with Crippen LogP contribution in [0.4, 0.5) is 4.79 Å². The minimum atomic E-state index is -0.856. The van der Waals surface area contributed by atoms with E-state index in [2.05, 4.69) is 20.8 Å². The summed E-state index contributed by atoms with van der Waals surface area (Å²) in [6, 6.07) is -0.316. The van der Waals surface area contributed by atoms with Gasteiger partial charge in [0.05, 0.1) is 12.1 Å². The molecule has 1 aromatic rings. The first-order valence-corrected chi connectivity index (χ1v) is 5.31. The molecule has 1 rings (SSSR count). The molecule has 0 fully saturated rings. The Labute approximate surface area is 98.6 Å². The number of nitrogens with zero attached hydrogens (tertiary/aromatic N) is 1. The van der Waals surface area contributed by atoms with Crippen molar-refractivity contribution in [3.63, 3.8) is 0 Å². The molecule has 0 saturated heterocycles. The van der Waals surface area contributed by atoms with E-state index in [-0.39, 0.29) is 6.03 Å². The Bertz CT molecular complexity index is 364. The molecule has 2 amide bonds. The molecule has 0 bridgehead atoms. The highest BCUT2D eigenvalue weighted by atomic mass is 16.4. The average molecular weight is 240 g/mol. The molecule has 0 aromatic carbocycles. The second-order valence-corrected chi connectivity index (χ2v) is 3.74. The molecule has 0 radical (unpaired) electrons. The maximum atomic E-state index is 11.3. The molecule has 7 nitrogen and oxygen atoms in total. The number of carbonyl (C=O) groups excluding carboxylic acids is 1. The maximum absolute atomic E-state index is 11.3. The van der Waals surface area contributed by atoms with E-state index in [1.165, 1.54) is 0 Å². The lowest BCUT2D eigenvalue weighted by molar-refractivity contribution is -0.141. The average Bonchev–Trinajstić information content (AvgIpc) is 2.78. The predicted molar refractivity (Wildman–Crippen MR) is 60.2 cm³/mol. The quantitative estimate of drug-likeness (QED) is 0.574. The fourth-order valence-electron chi connectivity index (χ4n) is 1.14. The first-order valence-electron chi connectivity index (χ1n) is 5.31. The smallest absolute Gasteiger partial charge is 0.315 e. The van der Waals surface area contributed by atoms with Gasteiger partial charge in [0, 0.05) is 24.8 Å². The molecule has 0 spiro atoms. The molecule has 1 heterocycles. The SMILES string of the molecule is CC(CCNC(=O)NCc1cn[nH]c1)C(=O)O. The monoisotopic (exact) mass is 240 g/mol. The van der Waals surface area contributed by atoms with Crippen LogP contribution in [-0.4, -0.2) is 33.8 Å². The third kappa shape index (κ3) is 5.01. The third-order valence-corrected chi connectivity index (χ3v) is 2.29. The van der Waals surface area contributed by atoms with E-state index < -0.39 is 11.9 Å². The number of aromatic amines is 1. The van der Waals surface area contributed by atoms with Crippen molar-refractivity contribution >= 4 is 12.0 Å². The molecular formula is C10H16N4O3. The van der Waals surface area contributed by atoms with E-state index in [1.54, 1.807) is 19.3 Å². The molecule has 0 aliphatic heterocycles. The van der Waals surface area contributed by atoms with Crippen molar-refractivity contribution in [1.82, 2.24) is 20.8 Å². The van der Waals surface area contributed by atoms with Crippen LogP contribution in [0, 0.1) is 5.92 Å². The molecular weight excluding hydrogens is 224 g/mol. The molecule has 0 aliphatic carbocycles. The second kappa shape index (κ2) is 6.51. The Kier molecular flexibility index (Phi) is 4.99. The lowest BCUT2D eigenvalue weighted by Crippen LogP contribution is -2.36. The van der Waals surface area contributed by atoms with Gasteiger partial charge in [-0.3, -0.25) is 9.89 Å². The minimum absolute atomic E-state index is 0.316. The van der Waals surface area contributed by atoms with Gasteiger partial charge in [0.25, 0.3) is 0 Å². The number of nitrogens with one attached hydrogen (secondary N) is 3. The van der Waals surface area contributed by atoms with Crippen LogP contribution in [-0.2, 0) is 11.3 Å². The first kappa shape index (κ1) is 13.0. The fraction of sp³-hybridized carbons (Fsp3) is 0.500. The van der Waals surface area contributed by atoms with Crippen molar-refractivity contribution in [2.75, 3.05) is 6.54 Å². The first-order chi connectivity index (χ1) is 8.09. The number of carboxylic acid groups (broad SMARTS) is 1. The van der Waals surface area contributed by atoms with Crippen LogP contribution in [0.1, 0.15) is 18.9 Å². The molecule has 4 N–H and O–H groups in total. The summed E-state index contributed by atoms with van der Waals surface area (Å²) in [5, 5.41) is 20.2. The van der Waals surface area contributed by atoms with Gasteiger partial charge in [0.1, 0.15) is 0 Å².